The highest BCUT2D eigenvalue weighted by Crippen LogP contribution is 2.29. The largest absolute Gasteiger partial charge is 0.493 e. The Kier molecular flexibility index (Phi) is 6.88. The highest BCUT2D eigenvalue weighted by molar-refractivity contribution is 5.43. The van der Waals surface area contributed by atoms with Crippen molar-refractivity contribution in [2.75, 3.05) is 13.7 Å². The summed E-state index contributed by atoms with van der Waals surface area (Å²) in [4.78, 5) is 0. The summed E-state index contributed by atoms with van der Waals surface area (Å²) < 4.78 is 26.3. The number of benzene rings is 2. The van der Waals surface area contributed by atoms with Gasteiger partial charge in [0.2, 0.25) is 0 Å². The minimum Gasteiger partial charge on any atom is -0.493 e. The number of aromatic nitrogens is 2. The fourth-order valence-corrected chi connectivity index (χ4v) is 3.31. The van der Waals surface area contributed by atoms with Crippen LogP contribution in [0.15, 0.2) is 42.5 Å². The van der Waals surface area contributed by atoms with E-state index >= 15 is 0 Å². The van der Waals surface area contributed by atoms with Crippen LogP contribution in [0.25, 0.3) is 0 Å². The molecule has 0 aliphatic carbocycles. The zero-order valence-corrected chi connectivity index (χ0v) is 17.5. The van der Waals surface area contributed by atoms with Crippen molar-refractivity contribution in [3.8, 4) is 11.5 Å². The van der Waals surface area contributed by atoms with Crippen LogP contribution in [0, 0.1) is 19.7 Å². The Bertz CT molecular complexity index is 952. The Balaban J connectivity index is 1.53. The number of hydrogen-bond acceptors (Lipinski definition) is 4. The highest BCUT2D eigenvalue weighted by Gasteiger charge is 2.09. The van der Waals surface area contributed by atoms with Crippen LogP contribution in [0.2, 0.25) is 0 Å². The first-order valence-corrected chi connectivity index (χ1v) is 9.72. The molecular weight excluding hydrogens is 369 g/mol. The monoisotopic (exact) mass is 397 g/mol. The van der Waals surface area contributed by atoms with Gasteiger partial charge in [0.1, 0.15) is 12.4 Å². The predicted octanol–water partition coefficient (Wildman–Crippen LogP) is 4.10. The molecule has 0 spiro atoms. The van der Waals surface area contributed by atoms with E-state index in [1.807, 2.05) is 29.9 Å². The fraction of sp³-hybridized carbons (Fsp3) is 0.348. The quantitative estimate of drug-likeness (QED) is 0.553. The number of halogens is 1. The van der Waals surface area contributed by atoms with E-state index in [0.717, 1.165) is 36.3 Å². The highest BCUT2D eigenvalue weighted by atomic mass is 19.1. The summed E-state index contributed by atoms with van der Waals surface area (Å²) >= 11 is 0. The van der Waals surface area contributed by atoms with Gasteiger partial charge in [-0.3, -0.25) is 4.68 Å². The molecule has 1 heterocycles. The lowest BCUT2D eigenvalue weighted by Gasteiger charge is -2.13. The molecule has 29 heavy (non-hydrogen) atoms. The third kappa shape index (κ3) is 5.35. The number of nitrogens with one attached hydrogen (secondary N) is 1. The maximum Gasteiger partial charge on any atom is 0.161 e. The van der Waals surface area contributed by atoms with E-state index in [0.29, 0.717) is 18.1 Å². The maximum atomic E-state index is 13.0. The predicted molar refractivity (Wildman–Crippen MR) is 112 cm³/mol. The van der Waals surface area contributed by atoms with Gasteiger partial charge in [-0.25, -0.2) is 4.39 Å². The van der Waals surface area contributed by atoms with E-state index < -0.39 is 0 Å². The second kappa shape index (κ2) is 9.56. The molecule has 5 nitrogen and oxygen atoms in total. The lowest BCUT2D eigenvalue weighted by atomic mass is 10.1. The molecule has 0 aliphatic heterocycles. The lowest BCUT2D eigenvalue weighted by Crippen LogP contribution is -2.17. The van der Waals surface area contributed by atoms with E-state index in [4.69, 9.17) is 9.47 Å². The normalized spacial score (nSPS) is 10.9. The Morgan fingerprint density at radius 1 is 1.03 bits per heavy atom. The number of ether oxygens (including phenoxy) is 2. The van der Waals surface area contributed by atoms with Gasteiger partial charge in [-0.15, -0.1) is 0 Å². The first kappa shape index (κ1) is 20.9. The van der Waals surface area contributed by atoms with Crippen LogP contribution >= 0.6 is 0 Å². The second-order valence-corrected chi connectivity index (χ2v) is 7.10. The van der Waals surface area contributed by atoms with Gasteiger partial charge in [0.25, 0.3) is 0 Å². The summed E-state index contributed by atoms with van der Waals surface area (Å²) in [7, 11) is 3.61. The minimum absolute atomic E-state index is 0.253. The van der Waals surface area contributed by atoms with Crippen LogP contribution in [0.1, 0.15) is 28.1 Å². The van der Waals surface area contributed by atoms with Crippen molar-refractivity contribution in [2.24, 2.45) is 7.05 Å². The lowest BCUT2D eigenvalue weighted by molar-refractivity contribution is 0.284. The third-order valence-electron chi connectivity index (χ3n) is 5.08. The van der Waals surface area contributed by atoms with Crippen molar-refractivity contribution in [1.29, 1.82) is 0 Å². The number of aryl methyl sites for hydroxylation is 2. The molecule has 1 aromatic heterocycles. The summed E-state index contributed by atoms with van der Waals surface area (Å²) in [6.07, 6.45) is 0.946. The number of nitrogens with zero attached hydrogens (tertiary/aromatic N) is 2. The minimum atomic E-state index is -0.253. The van der Waals surface area contributed by atoms with Gasteiger partial charge in [-0.2, -0.15) is 5.10 Å². The van der Waals surface area contributed by atoms with Gasteiger partial charge >= 0.3 is 0 Å². The van der Waals surface area contributed by atoms with Crippen molar-refractivity contribution < 1.29 is 13.9 Å². The molecular formula is C23H28FN3O2. The van der Waals surface area contributed by atoms with Crippen molar-refractivity contribution >= 4 is 0 Å². The Hall–Kier alpha value is -2.86. The fourth-order valence-electron chi connectivity index (χ4n) is 3.31. The zero-order chi connectivity index (χ0) is 20.8. The molecule has 0 saturated heterocycles. The van der Waals surface area contributed by atoms with Crippen LogP contribution in [-0.4, -0.2) is 23.4 Å². The van der Waals surface area contributed by atoms with Gasteiger partial charge in [0.05, 0.1) is 12.8 Å². The molecule has 0 radical (unpaired) electrons. The molecule has 0 atom stereocenters. The van der Waals surface area contributed by atoms with Gasteiger partial charge in [-0.1, -0.05) is 18.2 Å². The Morgan fingerprint density at radius 2 is 1.76 bits per heavy atom. The molecule has 1 N–H and O–H groups in total. The van der Waals surface area contributed by atoms with E-state index in [1.54, 1.807) is 19.2 Å². The topological polar surface area (TPSA) is 48.3 Å². The van der Waals surface area contributed by atoms with Crippen LogP contribution in [0.3, 0.4) is 0 Å². The zero-order valence-electron chi connectivity index (χ0n) is 17.5. The molecule has 6 heteroatoms. The van der Waals surface area contributed by atoms with Crippen molar-refractivity contribution in [3.05, 3.63) is 76.4 Å². The summed E-state index contributed by atoms with van der Waals surface area (Å²) in [6.45, 7) is 6.13. The standard InChI is InChI=1S/C23H28FN3O2/c1-16-21(17(2)27(3)26-16)11-12-25-14-19-7-10-22(23(13-19)28-4)29-15-18-5-8-20(24)9-6-18/h5-10,13,25H,11-12,14-15H2,1-4H3. The Labute approximate surface area is 171 Å². The van der Waals surface area contributed by atoms with Crippen LogP contribution in [0.4, 0.5) is 4.39 Å². The molecule has 2 aromatic carbocycles. The van der Waals surface area contributed by atoms with Crippen molar-refractivity contribution in [3.63, 3.8) is 0 Å². The summed E-state index contributed by atoms with van der Waals surface area (Å²) in [5, 5.41) is 7.94. The van der Waals surface area contributed by atoms with Gasteiger partial charge in [0.15, 0.2) is 11.5 Å². The van der Waals surface area contributed by atoms with E-state index in [1.165, 1.54) is 23.4 Å². The summed E-state index contributed by atoms with van der Waals surface area (Å²) in [6, 6.07) is 12.2. The number of hydrogen-bond donors (Lipinski definition) is 1. The van der Waals surface area contributed by atoms with Gasteiger partial charge in [0, 0.05) is 19.3 Å². The van der Waals surface area contributed by atoms with Crippen LogP contribution in [-0.2, 0) is 26.6 Å². The molecule has 154 valence electrons. The molecule has 0 fully saturated rings. The first-order valence-electron chi connectivity index (χ1n) is 9.72. The smallest absolute Gasteiger partial charge is 0.161 e. The molecule has 0 aliphatic rings. The summed E-state index contributed by atoms with van der Waals surface area (Å²) in [5.41, 5.74) is 5.64. The van der Waals surface area contributed by atoms with Crippen LogP contribution < -0.4 is 14.8 Å². The molecule has 3 aromatic rings. The van der Waals surface area contributed by atoms with Crippen LogP contribution in [0.5, 0.6) is 11.5 Å². The average molecular weight is 397 g/mol. The van der Waals surface area contributed by atoms with Crippen molar-refractivity contribution in [2.45, 2.75) is 33.4 Å². The SMILES string of the molecule is COc1cc(CNCCc2c(C)nn(C)c2C)ccc1OCc1ccc(F)cc1. The second-order valence-electron chi connectivity index (χ2n) is 7.10. The van der Waals surface area contributed by atoms with E-state index in [-0.39, 0.29) is 5.82 Å². The van der Waals surface area contributed by atoms with Crippen molar-refractivity contribution in [1.82, 2.24) is 15.1 Å². The average Bonchev–Trinajstić information content (AvgIpc) is 2.96. The number of rotatable bonds is 9. The molecule has 3 rings (SSSR count). The molecule has 0 unspecified atom stereocenters. The van der Waals surface area contributed by atoms with Gasteiger partial charge < -0.3 is 14.8 Å². The summed E-state index contributed by atoms with van der Waals surface area (Å²) in [5.74, 6) is 1.10. The third-order valence-corrected chi connectivity index (χ3v) is 5.08. The van der Waals surface area contributed by atoms with Gasteiger partial charge in [-0.05, 0) is 67.8 Å². The number of methoxy groups -OCH3 is 1. The molecule has 0 saturated carbocycles. The molecule has 0 amide bonds. The molecule has 0 bridgehead atoms. The first-order chi connectivity index (χ1) is 14.0. The maximum absolute atomic E-state index is 13.0. The van der Waals surface area contributed by atoms with E-state index in [9.17, 15) is 4.39 Å². The van der Waals surface area contributed by atoms with E-state index in [2.05, 4.69) is 24.3 Å². The Morgan fingerprint density at radius 3 is 2.41 bits per heavy atom.